The normalized spacial score (nSPS) is 10.6. The summed E-state index contributed by atoms with van der Waals surface area (Å²) in [4.78, 5) is 29.4. The quantitative estimate of drug-likeness (QED) is 0.490. The van der Waals surface area contributed by atoms with E-state index in [4.69, 9.17) is 0 Å². The number of rotatable bonds is 6. The molecule has 4 aromatic rings. The van der Waals surface area contributed by atoms with Crippen LogP contribution in [0, 0.1) is 4.91 Å². The van der Waals surface area contributed by atoms with Gasteiger partial charge in [0.25, 0.3) is 11.6 Å². The highest BCUT2D eigenvalue weighted by molar-refractivity contribution is 5.97. The smallest absolute Gasteiger partial charge is 0.281 e. The Labute approximate surface area is 173 Å². The molecule has 30 heavy (non-hydrogen) atoms. The zero-order valence-corrected chi connectivity index (χ0v) is 16.4. The molecule has 0 spiro atoms. The van der Waals surface area contributed by atoms with Crippen LogP contribution in [0.2, 0.25) is 0 Å². The average Bonchev–Trinajstić information content (AvgIpc) is 3.23. The van der Waals surface area contributed by atoms with Crippen molar-refractivity contribution in [2.45, 2.75) is 6.54 Å². The molecule has 0 aliphatic heterocycles. The molecule has 0 unspecified atom stereocenters. The topological polar surface area (TPSA) is 79.9 Å². The van der Waals surface area contributed by atoms with Crippen molar-refractivity contribution in [1.82, 2.24) is 14.8 Å². The van der Waals surface area contributed by atoms with Crippen molar-refractivity contribution < 1.29 is 9.55 Å². The van der Waals surface area contributed by atoms with Gasteiger partial charge in [-0.1, -0.05) is 66.7 Å². The van der Waals surface area contributed by atoms with Crippen molar-refractivity contribution in [3.05, 3.63) is 101 Å². The minimum Gasteiger partial charge on any atom is -0.350 e. The lowest BCUT2D eigenvalue weighted by Crippen LogP contribution is -2.17. The summed E-state index contributed by atoms with van der Waals surface area (Å²) < 4.78 is 1.96. The van der Waals surface area contributed by atoms with Gasteiger partial charge >= 0.3 is 0 Å². The second-order valence-corrected chi connectivity index (χ2v) is 6.73. The van der Waals surface area contributed by atoms with E-state index in [1.165, 1.54) is 11.7 Å². The van der Waals surface area contributed by atoms with Gasteiger partial charge in [-0.15, -0.1) is 5.10 Å². The standard InChI is InChI=1S/C23H20N5O2/c1-27(30)20-14-8-13-19(15-20)22(29)28-23(24-16-17-9-4-2-5-10-17)25-21(26-28)18-11-6-3-7-12-18/h2-15H,16H2,1H3,(H,24,25,26)/q+1. The molecular formula is C23H20N5O2+. The predicted octanol–water partition coefficient (Wildman–Crippen LogP) is 4.29. The molecule has 148 valence electrons. The zero-order chi connectivity index (χ0) is 20.9. The number of carbonyl (C=O) groups is 1. The highest BCUT2D eigenvalue weighted by Crippen LogP contribution is 2.20. The van der Waals surface area contributed by atoms with Crippen molar-refractivity contribution in [2.75, 3.05) is 12.4 Å². The summed E-state index contributed by atoms with van der Waals surface area (Å²) in [6, 6.07) is 25.8. The van der Waals surface area contributed by atoms with Gasteiger partial charge in [-0.3, -0.25) is 4.79 Å². The van der Waals surface area contributed by atoms with E-state index in [9.17, 15) is 9.70 Å². The number of hydrogen-bond donors (Lipinski definition) is 1. The van der Waals surface area contributed by atoms with Crippen LogP contribution >= 0.6 is 0 Å². The van der Waals surface area contributed by atoms with Gasteiger partial charge in [0.1, 0.15) is 0 Å². The SMILES string of the molecule is C[N+](=O)c1cccc(C(=O)n2nc(-c3ccccc3)nc2NCc2ccccc2)c1. The number of hydrogen-bond acceptors (Lipinski definition) is 5. The molecule has 7 nitrogen and oxygen atoms in total. The number of nitrogens with one attached hydrogen (secondary N) is 1. The third-order valence-electron chi connectivity index (χ3n) is 4.58. The number of nitrogens with zero attached hydrogens (tertiary/aromatic N) is 4. The van der Waals surface area contributed by atoms with Crippen molar-refractivity contribution in [3.63, 3.8) is 0 Å². The maximum atomic E-state index is 13.2. The van der Waals surface area contributed by atoms with E-state index in [0.717, 1.165) is 11.1 Å². The minimum absolute atomic E-state index is 0.337. The van der Waals surface area contributed by atoms with Crippen LogP contribution < -0.4 is 5.32 Å². The number of nitroso groups, excluding NO2 is 1. The Morgan fingerprint density at radius 3 is 2.37 bits per heavy atom. The van der Waals surface area contributed by atoms with Crippen LogP contribution in [0.4, 0.5) is 11.6 Å². The van der Waals surface area contributed by atoms with E-state index < -0.39 is 0 Å². The average molecular weight is 398 g/mol. The first kappa shape index (κ1) is 19.2. The van der Waals surface area contributed by atoms with Gasteiger partial charge in [-0.05, 0) is 11.6 Å². The molecule has 4 rings (SSSR count). The molecule has 1 N–H and O–H groups in total. The van der Waals surface area contributed by atoms with Crippen molar-refractivity contribution in [3.8, 4) is 11.4 Å². The summed E-state index contributed by atoms with van der Waals surface area (Å²) in [5.41, 5.74) is 2.60. The van der Waals surface area contributed by atoms with Crippen LogP contribution in [0.1, 0.15) is 15.9 Å². The van der Waals surface area contributed by atoms with Crippen molar-refractivity contribution in [2.24, 2.45) is 0 Å². The molecule has 0 saturated carbocycles. The van der Waals surface area contributed by atoms with E-state index in [1.807, 2.05) is 60.7 Å². The molecule has 7 heteroatoms. The molecule has 0 amide bonds. The van der Waals surface area contributed by atoms with Gasteiger partial charge in [0.15, 0.2) is 12.9 Å². The predicted molar refractivity (Wildman–Crippen MR) is 115 cm³/mol. The van der Waals surface area contributed by atoms with Gasteiger partial charge in [0.2, 0.25) is 5.95 Å². The molecule has 1 aromatic heterocycles. The van der Waals surface area contributed by atoms with E-state index >= 15 is 0 Å². The van der Waals surface area contributed by atoms with E-state index in [2.05, 4.69) is 15.4 Å². The first-order chi connectivity index (χ1) is 14.6. The van der Waals surface area contributed by atoms with E-state index in [-0.39, 0.29) is 5.91 Å². The molecule has 0 bridgehead atoms. The first-order valence-electron chi connectivity index (χ1n) is 9.48. The number of carbonyl (C=O) groups excluding carboxylic acids is 1. The number of anilines is 1. The van der Waals surface area contributed by atoms with Gasteiger partial charge < -0.3 is 5.32 Å². The second kappa shape index (κ2) is 8.48. The van der Waals surface area contributed by atoms with E-state index in [0.29, 0.717) is 34.3 Å². The van der Waals surface area contributed by atoms with Crippen LogP contribution in [0.3, 0.4) is 0 Å². The Bertz CT molecular complexity index is 1190. The highest BCUT2D eigenvalue weighted by Gasteiger charge is 2.20. The van der Waals surface area contributed by atoms with Crippen molar-refractivity contribution >= 4 is 17.5 Å². The Balaban J connectivity index is 1.71. The fourth-order valence-electron chi connectivity index (χ4n) is 3.01. The monoisotopic (exact) mass is 398 g/mol. The summed E-state index contributed by atoms with van der Waals surface area (Å²) in [7, 11) is 1.39. The van der Waals surface area contributed by atoms with Crippen LogP contribution in [-0.2, 0) is 6.54 Å². The summed E-state index contributed by atoms with van der Waals surface area (Å²) in [6.07, 6.45) is 0. The lowest BCUT2D eigenvalue weighted by molar-refractivity contribution is -0.428. The van der Waals surface area contributed by atoms with Gasteiger partial charge in [0.05, 0.1) is 0 Å². The Hall–Kier alpha value is -4.13. The molecular weight excluding hydrogens is 378 g/mol. The maximum absolute atomic E-state index is 13.2. The van der Waals surface area contributed by atoms with Crippen LogP contribution in [0.25, 0.3) is 11.4 Å². The number of benzene rings is 3. The van der Waals surface area contributed by atoms with Crippen molar-refractivity contribution in [1.29, 1.82) is 0 Å². The second-order valence-electron chi connectivity index (χ2n) is 6.73. The Morgan fingerprint density at radius 1 is 0.967 bits per heavy atom. The van der Waals surface area contributed by atoms with E-state index in [1.54, 1.807) is 24.3 Å². The molecule has 0 atom stereocenters. The molecule has 0 radical (unpaired) electrons. The fourth-order valence-corrected chi connectivity index (χ4v) is 3.01. The fraction of sp³-hybridized carbons (Fsp3) is 0.0870. The molecule has 0 saturated heterocycles. The first-order valence-corrected chi connectivity index (χ1v) is 9.48. The lowest BCUT2D eigenvalue weighted by atomic mass is 10.2. The minimum atomic E-state index is -0.371. The molecule has 0 aliphatic carbocycles. The summed E-state index contributed by atoms with van der Waals surface area (Å²) in [5.74, 6) is 0.407. The Kier molecular flexibility index (Phi) is 5.43. The summed E-state index contributed by atoms with van der Waals surface area (Å²) in [6.45, 7) is 0.490. The van der Waals surface area contributed by atoms with Gasteiger partial charge in [-0.25, -0.2) is 0 Å². The molecule has 0 fully saturated rings. The third-order valence-corrected chi connectivity index (χ3v) is 4.58. The van der Waals surface area contributed by atoms with Gasteiger partial charge in [-0.2, -0.15) is 9.67 Å². The lowest BCUT2D eigenvalue weighted by Gasteiger charge is -2.07. The molecule has 3 aromatic carbocycles. The highest BCUT2D eigenvalue weighted by atomic mass is 16.3. The largest absolute Gasteiger partial charge is 0.350 e. The third kappa shape index (κ3) is 4.15. The van der Waals surface area contributed by atoms with Crippen LogP contribution in [0.15, 0.2) is 84.9 Å². The zero-order valence-electron chi connectivity index (χ0n) is 16.4. The molecule has 0 aliphatic rings. The van der Waals surface area contributed by atoms with Crippen LogP contribution in [-0.4, -0.2) is 32.5 Å². The summed E-state index contributed by atoms with van der Waals surface area (Å²) >= 11 is 0. The Morgan fingerprint density at radius 2 is 1.67 bits per heavy atom. The van der Waals surface area contributed by atoms with Gasteiger partial charge in [0, 0.05) is 39.5 Å². The number of aromatic nitrogens is 3. The maximum Gasteiger partial charge on any atom is 0.281 e. The molecule has 1 heterocycles. The van der Waals surface area contributed by atoms with Crippen LogP contribution in [0.5, 0.6) is 0 Å². The summed E-state index contributed by atoms with van der Waals surface area (Å²) in [5, 5.41) is 7.65.